The van der Waals surface area contributed by atoms with Crippen molar-refractivity contribution in [3.8, 4) is 0 Å². The van der Waals surface area contributed by atoms with Gasteiger partial charge in [-0.05, 0) is 49.1 Å². The minimum Gasteiger partial charge on any atom is -0.352 e. The Kier molecular flexibility index (Phi) is 5.37. The van der Waals surface area contributed by atoms with Crippen LogP contribution in [0.5, 0.6) is 0 Å². The van der Waals surface area contributed by atoms with Crippen LogP contribution in [0.4, 0.5) is 0 Å². The van der Waals surface area contributed by atoms with Crippen LogP contribution in [0.1, 0.15) is 37.7 Å². The molecule has 1 aromatic heterocycles. The molecule has 3 N–H and O–H groups in total. The summed E-state index contributed by atoms with van der Waals surface area (Å²) in [4.78, 5) is 16.3. The lowest BCUT2D eigenvalue weighted by molar-refractivity contribution is -0.120. The van der Waals surface area contributed by atoms with E-state index >= 15 is 0 Å². The second-order valence-corrected chi connectivity index (χ2v) is 7.62. The Morgan fingerprint density at radius 1 is 1.36 bits per heavy atom. The van der Waals surface area contributed by atoms with Crippen LogP contribution in [0.3, 0.4) is 0 Å². The lowest BCUT2D eigenvalue weighted by Crippen LogP contribution is -2.54. The van der Waals surface area contributed by atoms with Gasteiger partial charge in [-0.3, -0.25) is 9.78 Å². The smallest absolute Gasteiger partial charge is 0.230 e. The Bertz CT molecular complexity index is 482. The predicted octanol–water partition coefficient (Wildman–Crippen LogP) is 2.34. The van der Waals surface area contributed by atoms with E-state index in [2.05, 4.69) is 10.3 Å². The monoisotopic (exact) mass is 319 g/mol. The molecule has 2 atom stereocenters. The second kappa shape index (κ2) is 7.47. The van der Waals surface area contributed by atoms with E-state index < -0.39 is 0 Å². The quantitative estimate of drug-likeness (QED) is 0.874. The van der Waals surface area contributed by atoms with Crippen molar-refractivity contribution in [3.63, 3.8) is 0 Å². The van der Waals surface area contributed by atoms with Crippen LogP contribution in [0.2, 0.25) is 0 Å². The van der Waals surface area contributed by atoms with Crippen LogP contribution in [-0.2, 0) is 10.5 Å². The van der Waals surface area contributed by atoms with Gasteiger partial charge in [-0.25, -0.2) is 0 Å². The molecule has 0 aliphatic heterocycles. The number of aromatic nitrogens is 1. The third-order valence-electron chi connectivity index (χ3n) is 4.93. The highest BCUT2D eigenvalue weighted by molar-refractivity contribution is 7.99. The van der Waals surface area contributed by atoms with Gasteiger partial charge in [0.1, 0.15) is 0 Å². The molecule has 22 heavy (non-hydrogen) atoms. The van der Waals surface area contributed by atoms with Crippen molar-refractivity contribution in [1.82, 2.24) is 10.3 Å². The zero-order chi connectivity index (χ0) is 15.4. The van der Waals surface area contributed by atoms with Crippen molar-refractivity contribution in [2.24, 2.45) is 17.6 Å². The third-order valence-corrected chi connectivity index (χ3v) is 5.93. The van der Waals surface area contributed by atoms with Crippen molar-refractivity contribution in [2.45, 2.75) is 49.9 Å². The average molecular weight is 319 g/mol. The number of hydrogen-bond acceptors (Lipinski definition) is 4. The molecule has 5 heteroatoms. The molecule has 0 aromatic carbocycles. The number of rotatable bonds is 5. The zero-order valence-corrected chi connectivity index (χ0v) is 13.7. The maximum Gasteiger partial charge on any atom is 0.230 e. The van der Waals surface area contributed by atoms with E-state index in [9.17, 15) is 4.79 Å². The number of hydrogen-bond donors (Lipinski definition) is 2. The molecule has 120 valence electrons. The summed E-state index contributed by atoms with van der Waals surface area (Å²) in [6, 6.07) is 4.68. The minimum atomic E-state index is 0.172. The molecule has 2 fully saturated rings. The largest absolute Gasteiger partial charge is 0.352 e. The molecule has 2 aliphatic carbocycles. The Balaban J connectivity index is 1.45. The predicted molar refractivity (Wildman–Crippen MR) is 90.4 cm³/mol. The number of amides is 1. The summed E-state index contributed by atoms with van der Waals surface area (Å²) in [7, 11) is 0. The normalized spacial score (nSPS) is 30.8. The molecule has 1 amide bonds. The van der Waals surface area contributed by atoms with Gasteiger partial charge in [0.15, 0.2) is 0 Å². The molecule has 2 unspecified atom stereocenters. The summed E-state index contributed by atoms with van der Waals surface area (Å²) in [6.45, 7) is 0. The number of carbonyl (C=O) groups excluding carboxylic acids is 1. The van der Waals surface area contributed by atoms with E-state index in [0.29, 0.717) is 29.7 Å². The third kappa shape index (κ3) is 4.02. The molecular weight excluding hydrogens is 294 g/mol. The van der Waals surface area contributed by atoms with Crippen LogP contribution in [0, 0.1) is 11.8 Å². The first-order chi connectivity index (χ1) is 10.7. The molecule has 1 aromatic rings. The highest BCUT2D eigenvalue weighted by Crippen LogP contribution is 2.39. The molecule has 0 saturated heterocycles. The Morgan fingerprint density at radius 2 is 2.14 bits per heavy atom. The SMILES string of the molecule is NC1CC2CCCC(C1)C2NC(=O)CSCc1cccnc1. The molecular formula is C17H25N3OS. The van der Waals surface area contributed by atoms with Crippen LogP contribution in [-0.4, -0.2) is 28.7 Å². The molecule has 4 nitrogen and oxygen atoms in total. The molecule has 2 bridgehead atoms. The van der Waals surface area contributed by atoms with Gasteiger partial charge in [-0.15, -0.1) is 11.8 Å². The first-order valence-electron chi connectivity index (χ1n) is 8.24. The van der Waals surface area contributed by atoms with Crippen molar-refractivity contribution >= 4 is 17.7 Å². The van der Waals surface area contributed by atoms with Crippen molar-refractivity contribution in [2.75, 3.05) is 5.75 Å². The fraction of sp³-hybridized carbons (Fsp3) is 0.647. The number of nitrogens with two attached hydrogens (primary N) is 1. The van der Waals surface area contributed by atoms with Crippen LogP contribution < -0.4 is 11.1 Å². The Hall–Kier alpha value is -1.07. The van der Waals surface area contributed by atoms with Crippen molar-refractivity contribution in [3.05, 3.63) is 30.1 Å². The fourth-order valence-electron chi connectivity index (χ4n) is 4.00. The summed E-state index contributed by atoms with van der Waals surface area (Å²) in [5.74, 6) is 2.72. The summed E-state index contributed by atoms with van der Waals surface area (Å²) >= 11 is 1.65. The zero-order valence-electron chi connectivity index (χ0n) is 12.9. The van der Waals surface area contributed by atoms with Gasteiger partial charge in [-0.2, -0.15) is 0 Å². The van der Waals surface area contributed by atoms with Gasteiger partial charge in [0, 0.05) is 30.2 Å². The van der Waals surface area contributed by atoms with Gasteiger partial charge in [0.2, 0.25) is 5.91 Å². The molecule has 2 aliphatic rings. The molecule has 0 spiro atoms. The van der Waals surface area contributed by atoms with Gasteiger partial charge in [-0.1, -0.05) is 12.5 Å². The lowest BCUT2D eigenvalue weighted by Gasteiger charge is -2.45. The van der Waals surface area contributed by atoms with Crippen LogP contribution >= 0.6 is 11.8 Å². The van der Waals surface area contributed by atoms with E-state index in [1.807, 2.05) is 18.3 Å². The van der Waals surface area contributed by atoms with Gasteiger partial charge in [0.05, 0.1) is 5.75 Å². The van der Waals surface area contributed by atoms with E-state index in [0.717, 1.165) is 18.6 Å². The Morgan fingerprint density at radius 3 is 2.82 bits per heavy atom. The number of thioether (sulfide) groups is 1. The van der Waals surface area contributed by atoms with E-state index in [-0.39, 0.29) is 5.91 Å². The van der Waals surface area contributed by atoms with Crippen LogP contribution in [0.15, 0.2) is 24.5 Å². The number of nitrogens with zero attached hydrogens (tertiary/aromatic N) is 1. The number of carbonyl (C=O) groups is 1. The number of pyridine rings is 1. The molecule has 2 saturated carbocycles. The van der Waals surface area contributed by atoms with E-state index in [4.69, 9.17) is 5.73 Å². The van der Waals surface area contributed by atoms with Gasteiger partial charge < -0.3 is 11.1 Å². The topological polar surface area (TPSA) is 68.0 Å². The number of fused-ring (bicyclic) bond motifs is 2. The number of nitrogens with one attached hydrogen (secondary N) is 1. The highest BCUT2D eigenvalue weighted by atomic mass is 32.2. The molecule has 3 rings (SSSR count). The van der Waals surface area contributed by atoms with Crippen LogP contribution in [0.25, 0.3) is 0 Å². The maximum atomic E-state index is 12.2. The summed E-state index contributed by atoms with van der Waals surface area (Å²) in [5, 5.41) is 3.30. The summed E-state index contributed by atoms with van der Waals surface area (Å²) < 4.78 is 0. The van der Waals surface area contributed by atoms with Crippen molar-refractivity contribution < 1.29 is 4.79 Å². The first kappa shape index (κ1) is 15.8. The van der Waals surface area contributed by atoms with Crippen molar-refractivity contribution in [1.29, 1.82) is 0 Å². The Labute approximate surface area is 136 Å². The first-order valence-corrected chi connectivity index (χ1v) is 9.39. The lowest BCUT2D eigenvalue weighted by atomic mass is 9.67. The summed E-state index contributed by atoms with van der Waals surface area (Å²) in [5.41, 5.74) is 7.31. The van der Waals surface area contributed by atoms with E-state index in [1.54, 1.807) is 18.0 Å². The fourth-order valence-corrected chi connectivity index (χ4v) is 4.77. The highest BCUT2D eigenvalue weighted by Gasteiger charge is 2.39. The summed E-state index contributed by atoms with van der Waals surface area (Å²) in [6.07, 6.45) is 9.51. The van der Waals surface area contributed by atoms with E-state index in [1.165, 1.54) is 24.8 Å². The second-order valence-electron chi connectivity index (χ2n) is 6.63. The van der Waals surface area contributed by atoms with Gasteiger partial charge >= 0.3 is 0 Å². The molecule has 0 radical (unpaired) electrons. The van der Waals surface area contributed by atoms with Gasteiger partial charge in [0.25, 0.3) is 0 Å². The minimum absolute atomic E-state index is 0.172. The average Bonchev–Trinajstić information content (AvgIpc) is 2.49. The maximum absolute atomic E-state index is 12.2. The molecule has 1 heterocycles. The standard InChI is InChI=1S/C17H25N3OS/c18-15-7-13-4-1-5-14(8-15)17(13)20-16(21)11-22-10-12-3-2-6-19-9-12/h2-3,6,9,13-15,17H,1,4-5,7-8,10-11,18H2,(H,20,21).